The standard InChI is InChI=1S/C13H16ClNO4S/c1-19-13(16)12(10-3-2-4-11(14)9-10)15-5-7-20(17,18)8-6-15/h2-4,9,12H,5-8H2,1H3. The average molecular weight is 318 g/mol. The summed E-state index contributed by atoms with van der Waals surface area (Å²) in [6.45, 7) is 0.628. The minimum absolute atomic E-state index is 0.0566. The van der Waals surface area contributed by atoms with Gasteiger partial charge in [0.25, 0.3) is 0 Å². The van der Waals surface area contributed by atoms with Gasteiger partial charge in [-0.2, -0.15) is 0 Å². The van der Waals surface area contributed by atoms with Crippen LogP contribution in [0.1, 0.15) is 11.6 Å². The molecule has 0 N–H and O–H groups in total. The lowest BCUT2D eigenvalue weighted by Gasteiger charge is -2.32. The van der Waals surface area contributed by atoms with Gasteiger partial charge in [0.1, 0.15) is 6.04 Å². The summed E-state index contributed by atoms with van der Waals surface area (Å²) in [7, 11) is -1.67. The van der Waals surface area contributed by atoms with Gasteiger partial charge in [-0.1, -0.05) is 23.7 Å². The first-order chi connectivity index (χ1) is 9.43. The van der Waals surface area contributed by atoms with E-state index in [2.05, 4.69) is 0 Å². The van der Waals surface area contributed by atoms with Crippen LogP contribution in [0.3, 0.4) is 0 Å². The largest absolute Gasteiger partial charge is 0.468 e. The molecule has 0 saturated carbocycles. The van der Waals surface area contributed by atoms with Gasteiger partial charge in [0, 0.05) is 18.1 Å². The van der Waals surface area contributed by atoms with Crippen molar-refractivity contribution in [3.63, 3.8) is 0 Å². The molecule has 0 amide bonds. The van der Waals surface area contributed by atoms with E-state index in [1.165, 1.54) is 7.11 Å². The van der Waals surface area contributed by atoms with E-state index in [0.717, 1.165) is 0 Å². The number of ether oxygens (including phenoxy) is 1. The third-order valence-electron chi connectivity index (χ3n) is 3.33. The predicted octanol–water partition coefficient (Wildman–Crippen LogP) is 1.28. The molecule has 110 valence electrons. The summed E-state index contributed by atoms with van der Waals surface area (Å²) in [6.07, 6.45) is 0. The Morgan fingerprint density at radius 1 is 1.35 bits per heavy atom. The molecule has 1 aliphatic rings. The molecule has 1 saturated heterocycles. The van der Waals surface area contributed by atoms with Gasteiger partial charge in [-0.15, -0.1) is 0 Å². The molecule has 0 spiro atoms. The average Bonchev–Trinajstić information content (AvgIpc) is 2.41. The van der Waals surface area contributed by atoms with Crippen molar-refractivity contribution in [1.29, 1.82) is 0 Å². The Morgan fingerprint density at radius 3 is 2.55 bits per heavy atom. The summed E-state index contributed by atoms with van der Waals surface area (Å²) in [6, 6.07) is 6.35. The van der Waals surface area contributed by atoms with E-state index in [1.807, 2.05) is 4.90 Å². The maximum atomic E-state index is 12.0. The van der Waals surface area contributed by atoms with Crippen molar-refractivity contribution in [3.8, 4) is 0 Å². The maximum absolute atomic E-state index is 12.0. The molecule has 1 unspecified atom stereocenters. The molecule has 0 aromatic heterocycles. The lowest BCUT2D eigenvalue weighted by atomic mass is 10.1. The molecule has 1 fully saturated rings. The van der Waals surface area contributed by atoms with E-state index >= 15 is 0 Å². The zero-order chi connectivity index (χ0) is 14.8. The number of hydrogen-bond acceptors (Lipinski definition) is 5. The van der Waals surface area contributed by atoms with Crippen LogP contribution in [0.2, 0.25) is 5.02 Å². The highest BCUT2D eigenvalue weighted by molar-refractivity contribution is 7.91. The summed E-state index contributed by atoms with van der Waals surface area (Å²) in [5.74, 6) is -0.297. The topological polar surface area (TPSA) is 63.7 Å². The first-order valence-corrected chi connectivity index (χ1v) is 8.40. The van der Waals surface area contributed by atoms with Gasteiger partial charge >= 0.3 is 5.97 Å². The van der Waals surface area contributed by atoms with Gasteiger partial charge in [0.2, 0.25) is 0 Å². The number of halogens is 1. The van der Waals surface area contributed by atoms with E-state index in [1.54, 1.807) is 24.3 Å². The number of carbonyl (C=O) groups excluding carboxylic acids is 1. The van der Waals surface area contributed by atoms with Crippen LogP contribution in [0, 0.1) is 0 Å². The molecule has 1 aromatic rings. The first-order valence-electron chi connectivity index (χ1n) is 6.21. The van der Waals surface area contributed by atoms with Crippen LogP contribution >= 0.6 is 11.6 Å². The Bertz CT molecular complexity index is 588. The molecule has 0 bridgehead atoms. The second-order valence-corrected chi connectivity index (χ2v) is 7.41. The molecule has 5 nitrogen and oxygen atoms in total. The van der Waals surface area contributed by atoms with Crippen LogP contribution in [0.4, 0.5) is 0 Å². The summed E-state index contributed by atoms with van der Waals surface area (Å²) in [4.78, 5) is 13.8. The third-order valence-corrected chi connectivity index (χ3v) is 5.18. The predicted molar refractivity (Wildman–Crippen MR) is 76.4 cm³/mol. The van der Waals surface area contributed by atoms with Gasteiger partial charge in [-0.05, 0) is 17.7 Å². The fourth-order valence-electron chi connectivity index (χ4n) is 2.27. The van der Waals surface area contributed by atoms with Gasteiger partial charge in [0.05, 0.1) is 18.6 Å². The van der Waals surface area contributed by atoms with E-state index in [-0.39, 0.29) is 11.5 Å². The highest BCUT2D eigenvalue weighted by Crippen LogP contribution is 2.26. The fourth-order valence-corrected chi connectivity index (χ4v) is 3.70. The van der Waals surface area contributed by atoms with Crippen LogP contribution in [0.5, 0.6) is 0 Å². The van der Waals surface area contributed by atoms with E-state index in [4.69, 9.17) is 16.3 Å². The lowest BCUT2D eigenvalue weighted by Crippen LogP contribution is -2.45. The van der Waals surface area contributed by atoms with Crippen LogP contribution in [0.15, 0.2) is 24.3 Å². The molecule has 1 heterocycles. The number of hydrogen-bond donors (Lipinski definition) is 0. The summed E-state index contributed by atoms with van der Waals surface area (Å²) < 4.78 is 27.8. The SMILES string of the molecule is COC(=O)C(c1cccc(Cl)c1)N1CCS(=O)(=O)CC1. The van der Waals surface area contributed by atoms with E-state index in [0.29, 0.717) is 23.7 Å². The van der Waals surface area contributed by atoms with Crippen molar-refractivity contribution in [2.75, 3.05) is 31.7 Å². The first kappa shape index (κ1) is 15.3. The van der Waals surface area contributed by atoms with Crippen molar-refractivity contribution in [2.45, 2.75) is 6.04 Å². The summed E-state index contributed by atoms with van der Waals surface area (Å²) in [5, 5.41) is 0.529. The Morgan fingerprint density at radius 2 is 2.00 bits per heavy atom. The zero-order valence-corrected chi connectivity index (χ0v) is 12.7. The van der Waals surface area contributed by atoms with Crippen molar-refractivity contribution in [1.82, 2.24) is 4.90 Å². The second kappa shape index (κ2) is 6.11. The number of benzene rings is 1. The van der Waals surface area contributed by atoms with Crippen LogP contribution in [-0.2, 0) is 19.4 Å². The van der Waals surface area contributed by atoms with Gasteiger partial charge < -0.3 is 4.74 Å². The maximum Gasteiger partial charge on any atom is 0.327 e. The number of sulfone groups is 1. The monoisotopic (exact) mass is 317 g/mol. The molecule has 2 rings (SSSR count). The van der Waals surface area contributed by atoms with E-state index < -0.39 is 21.8 Å². The van der Waals surface area contributed by atoms with Crippen LogP contribution < -0.4 is 0 Å². The summed E-state index contributed by atoms with van der Waals surface area (Å²) >= 11 is 5.95. The molecule has 0 aliphatic carbocycles. The molecular weight excluding hydrogens is 302 g/mol. The number of nitrogens with zero attached hydrogens (tertiary/aromatic N) is 1. The van der Waals surface area contributed by atoms with Gasteiger partial charge in [-0.3, -0.25) is 4.90 Å². The van der Waals surface area contributed by atoms with Crippen molar-refractivity contribution in [3.05, 3.63) is 34.9 Å². The zero-order valence-electron chi connectivity index (χ0n) is 11.1. The summed E-state index contributed by atoms with van der Waals surface area (Å²) in [5.41, 5.74) is 0.712. The molecular formula is C13H16ClNO4S. The minimum atomic E-state index is -2.99. The van der Waals surface area contributed by atoms with Crippen molar-refractivity contribution in [2.24, 2.45) is 0 Å². The Hall–Kier alpha value is -1.11. The normalized spacial score (nSPS) is 20.3. The number of methoxy groups -OCH3 is 1. The molecule has 1 atom stereocenters. The van der Waals surface area contributed by atoms with Crippen molar-refractivity contribution < 1.29 is 17.9 Å². The van der Waals surface area contributed by atoms with Gasteiger partial charge in [0.15, 0.2) is 9.84 Å². The lowest BCUT2D eigenvalue weighted by molar-refractivity contribution is -0.147. The second-order valence-electron chi connectivity index (χ2n) is 4.67. The Balaban J connectivity index is 2.27. The molecule has 7 heteroatoms. The van der Waals surface area contributed by atoms with Crippen LogP contribution in [-0.4, -0.2) is 51.0 Å². The highest BCUT2D eigenvalue weighted by atomic mass is 35.5. The van der Waals surface area contributed by atoms with Crippen molar-refractivity contribution >= 4 is 27.4 Å². The fraction of sp³-hybridized carbons (Fsp3) is 0.462. The highest BCUT2D eigenvalue weighted by Gasteiger charge is 2.33. The number of esters is 1. The molecule has 1 aliphatic heterocycles. The molecule has 1 aromatic carbocycles. The van der Waals surface area contributed by atoms with Crippen LogP contribution in [0.25, 0.3) is 0 Å². The molecule has 0 radical (unpaired) electrons. The number of rotatable bonds is 3. The Kier molecular flexibility index (Phi) is 4.67. The Labute approximate surface area is 123 Å². The number of carbonyl (C=O) groups is 1. The third kappa shape index (κ3) is 3.50. The molecule has 20 heavy (non-hydrogen) atoms. The van der Waals surface area contributed by atoms with Gasteiger partial charge in [-0.25, -0.2) is 13.2 Å². The van der Waals surface area contributed by atoms with E-state index in [9.17, 15) is 13.2 Å². The minimum Gasteiger partial charge on any atom is -0.468 e. The smallest absolute Gasteiger partial charge is 0.327 e. The quantitative estimate of drug-likeness (QED) is 0.786.